The highest BCUT2D eigenvalue weighted by molar-refractivity contribution is 5.88. The highest BCUT2D eigenvalue weighted by Crippen LogP contribution is 2.44. The first-order valence-electron chi connectivity index (χ1n) is 8.96. The quantitative estimate of drug-likeness (QED) is 0.691. The third-order valence-electron chi connectivity index (χ3n) is 4.95. The van der Waals surface area contributed by atoms with Crippen molar-refractivity contribution in [3.8, 4) is 11.1 Å². The predicted octanol–water partition coefficient (Wildman–Crippen LogP) is 4.32. The second kappa shape index (κ2) is 7.23. The number of furan rings is 1. The number of benzene rings is 2. The Labute approximate surface area is 161 Å². The zero-order valence-electron chi connectivity index (χ0n) is 15.3. The number of nitrogens with one attached hydrogen (secondary N) is 1. The molecule has 1 aromatic heterocycles. The summed E-state index contributed by atoms with van der Waals surface area (Å²) in [6, 6.07) is 17.6. The highest BCUT2D eigenvalue weighted by Gasteiger charge is 2.29. The van der Waals surface area contributed by atoms with Crippen molar-refractivity contribution in [2.24, 2.45) is 0 Å². The Hall–Kier alpha value is -3.54. The largest absolute Gasteiger partial charge is 0.478 e. The van der Waals surface area contributed by atoms with Gasteiger partial charge in [0, 0.05) is 5.92 Å². The molecule has 1 aliphatic carbocycles. The minimum Gasteiger partial charge on any atom is -0.478 e. The molecular formula is C22H19NO5. The lowest BCUT2D eigenvalue weighted by Gasteiger charge is -2.14. The summed E-state index contributed by atoms with van der Waals surface area (Å²) < 4.78 is 10.8. The molecule has 28 heavy (non-hydrogen) atoms. The van der Waals surface area contributed by atoms with Gasteiger partial charge in [0.1, 0.15) is 23.7 Å². The Morgan fingerprint density at radius 3 is 2.25 bits per heavy atom. The minimum absolute atomic E-state index is 0.0115. The number of alkyl carbamates (subject to hydrolysis) is 1. The van der Waals surface area contributed by atoms with Gasteiger partial charge in [-0.05, 0) is 35.2 Å². The van der Waals surface area contributed by atoms with Crippen LogP contribution in [0.4, 0.5) is 4.79 Å². The molecule has 1 heterocycles. The normalized spacial score (nSPS) is 12.3. The molecule has 0 radical (unpaired) electrons. The number of hydrogen-bond donors (Lipinski definition) is 2. The van der Waals surface area contributed by atoms with E-state index in [2.05, 4.69) is 29.6 Å². The number of fused-ring (bicyclic) bond motifs is 3. The van der Waals surface area contributed by atoms with E-state index < -0.39 is 12.1 Å². The fraction of sp³-hybridized carbons (Fsp3) is 0.182. The maximum atomic E-state index is 12.1. The zero-order valence-corrected chi connectivity index (χ0v) is 15.3. The SMILES string of the molecule is Cc1oc(CNC(=O)OCC2c3ccccc3-c3ccccc32)cc1C(=O)O. The Morgan fingerprint density at radius 2 is 1.68 bits per heavy atom. The van der Waals surface area contributed by atoms with E-state index in [4.69, 9.17) is 14.3 Å². The summed E-state index contributed by atoms with van der Waals surface area (Å²) in [7, 11) is 0. The first-order chi connectivity index (χ1) is 13.5. The van der Waals surface area contributed by atoms with Crippen LogP contribution >= 0.6 is 0 Å². The Kier molecular flexibility index (Phi) is 4.61. The van der Waals surface area contributed by atoms with Crippen molar-refractivity contribution in [2.45, 2.75) is 19.4 Å². The number of aromatic carboxylic acids is 1. The average molecular weight is 377 g/mol. The lowest BCUT2D eigenvalue weighted by atomic mass is 9.98. The number of carboxylic acid groups (broad SMARTS) is 1. The van der Waals surface area contributed by atoms with Crippen LogP contribution in [0.15, 0.2) is 59.0 Å². The molecule has 2 aromatic carbocycles. The molecule has 0 atom stereocenters. The van der Waals surface area contributed by atoms with Gasteiger partial charge in [-0.1, -0.05) is 48.5 Å². The Balaban J connectivity index is 1.40. The molecule has 3 aromatic rings. The van der Waals surface area contributed by atoms with E-state index in [1.165, 1.54) is 17.2 Å². The van der Waals surface area contributed by atoms with Crippen LogP contribution in [0.5, 0.6) is 0 Å². The molecule has 142 valence electrons. The summed E-state index contributed by atoms with van der Waals surface area (Å²) in [6.45, 7) is 1.85. The molecule has 6 nitrogen and oxygen atoms in total. The van der Waals surface area contributed by atoms with Crippen LogP contribution in [-0.2, 0) is 11.3 Å². The molecular weight excluding hydrogens is 358 g/mol. The molecule has 1 aliphatic rings. The number of rotatable bonds is 5. The molecule has 6 heteroatoms. The van der Waals surface area contributed by atoms with Crippen molar-refractivity contribution in [2.75, 3.05) is 6.61 Å². The maximum absolute atomic E-state index is 12.1. The fourth-order valence-corrected chi connectivity index (χ4v) is 3.65. The van der Waals surface area contributed by atoms with Crippen molar-refractivity contribution in [1.82, 2.24) is 5.32 Å². The van der Waals surface area contributed by atoms with E-state index >= 15 is 0 Å². The van der Waals surface area contributed by atoms with Crippen molar-refractivity contribution in [3.63, 3.8) is 0 Å². The van der Waals surface area contributed by atoms with Crippen molar-refractivity contribution in [1.29, 1.82) is 0 Å². The summed E-state index contributed by atoms with van der Waals surface area (Å²) in [5.41, 5.74) is 4.71. The summed E-state index contributed by atoms with van der Waals surface area (Å²) in [5, 5.41) is 11.7. The van der Waals surface area contributed by atoms with Gasteiger partial charge < -0.3 is 19.6 Å². The molecule has 4 rings (SSSR count). The lowest BCUT2D eigenvalue weighted by molar-refractivity contribution is 0.0695. The summed E-state index contributed by atoms with van der Waals surface area (Å²) in [4.78, 5) is 23.2. The Bertz CT molecular complexity index is 1010. The Morgan fingerprint density at radius 1 is 1.07 bits per heavy atom. The maximum Gasteiger partial charge on any atom is 0.407 e. The van der Waals surface area contributed by atoms with E-state index in [0.29, 0.717) is 11.5 Å². The van der Waals surface area contributed by atoms with E-state index in [9.17, 15) is 9.59 Å². The van der Waals surface area contributed by atoms with E-state index in [-0.39, 0.29) is 24.6 Å². The number of amides is 1. The standard InChI is InChI=1S/C22H19NO5/c1-13-19(21(24)25)10-14(28-13)11-23-22(26)27-12-20-17-8-4-2-6-15(17)16-7-3-5-9-18(16)20/h2-10,20H,11-12H2,1H3,(H,23,26)(H,24,25). The van der Waals surface area contributed by atoms with Crippen LogP contribution in [0, 0.1) is 6.92 Å². The number of ether oxygens (including phenoxy) is 1. The lowest BCUT2D eigenvalue weighted by Crippen LogP contribution is -2.25. The van der Waals surface area contributed by atoms with Gasteiger partial charge in [0.05, 0.1) is 6.54 Å². The molecule has 0 saturated carbocycles. The minimum atomic E-state index is -1.06. The molecule has 0 saturated heterocycles. The van der Waals surface area contributed by atoms with E-state index in [0.717, 1.165) is 11.1 Å². The second-order valence-electron chi connectivity index (χ2n) is 6.67. The van der Waals surface area contributed by atoms with Gasteiger partial charge >= 0.3 is 12.1 Å². The van der Waals surface area contributed by atoms with Gasteiger partial charge in [0.25, 0.3) is 0 Å². The van der Waals surface area contributed by atoms with Gasteiger partial charge in [-0.25, -0.2) is 9.59 Å². The van der Waals surface area contributed by atoms with Gasteiger partial charge in [0.2, 0.25) is 0 Å². The number of carbonyl (C=O) groups is 2. The molecule has 0 bridgehead atoms. The molecule has 1 amide bonds. The zero-order chi connectivity index (χ0) is 19.7. The summed E-state index contributed by atoms with van der Waals surface area (Å²) >= 11 is 0. The summed E-state index contributed by atoms with van der Waals surface area (Å²) in [5.74, 6) is -0.406. The third-order valence-corrected chi connectivity index (χ3v) is 4.95. The number of carboxylic acids is 1. The van der Waals surface area contributed by atoms with Crippen LogP contribution in [0.3, 0.4) is 0 Å². The predicted molar refractivity (Wildman–Crippen MR) is 102 cm³/mol. The first kappa shape index (κ1) is 17.9. The third kappa shape index (κ3) is 3.24. The number of aryl methyl sites for hydroxylation is 1. The van der Waals surface area contributed by atoms with Crippen LogP contribution in [0.2, 0.25) is 0 Å². The topological polar surface area (TPSA) is 88.8 Å². The molecule has 0 aliphatic heterocycles. The van der Waals surface area contributed by atoms with E-state index in [1.807, 2.05) is 24.3 Å². The molecule has 0 fully saturated rings. The van der Waals surface area contributed by atoms with Crippen molar-refractivity contribution < 1.29 is 23.8 Å². The average Bonchev–Trinajstić information content (AvgIpc) is 3.23. The molecule has 2 N–H and O–H groups in total. The van der Waals surface area contributed by atoms with Gasteiger partial charge in [0.15, 0.2) is 0 Å². The summed E-state index contributed by atoms with van der Waals surface area (Å²) in [6.07, 6.45) is -0.576. The smallest absolute Gasteiger partial charge is 0.407 e. The first-order valence-corrected chi connectivity index (χ1v) is 8.96. The number of hydrogen-bond acceptors (Lipinski definition) is 4. The van der Waals surface area contributed by atoms with Crippen molar-refractivity contribution >= 4 is 12.1 Å². The van der Waals surface area contributed by atoms with Crippen molar-refractivity contribution in [3.05, 3.63) is 82.8 Å². The van der Waals surface area contributed by atoms with Gasteiger partial charge in [-0.2, -0.15) is 0 Å². The van der Waals surface area contributed by atoms with Crippen LogP contribution in [-0.4, -0.2) is 23.8 Å². The second-order valence-corrected chi connectivity index (χ2v) is 6.67. The molecule has 0 unspecified atom stereocenters. The molecule has 0 spiro atoms. The van der Waals surface area contributed by atoms with Crippen LogP contribution < -0.4 is 5.32 Å². The van der Waals surface area contributed by atoms with Crippen LogP contribution in [0.25, 0.3) is 11.1 Å². The highest BCUT2D eigenvalue weighted by atomic mass is 16.5. The van der Waals surface area contributed by atoms with Gasteiger partial charge in [-0.3, -0.25) is 0 Å². The number of carbonyl (C=O) groups excluding carboxylic acids is 1. The van der Waals surface area contributed by atoms with Crippen LogP contribution in [0.1, 0.15) is 38.9 Å². The van der Waals surface area contributed by atoms with Gasteiger partial charge in [-0.15, -0.1) is 0 Å². The fourth-order valence-electron chi connectivity index (χ4n) is 3.65. The monoisotopic (exact) mass is 377 g/mol. The van der Waals surface area contributed by atoms with E-state index in [1.54, 1.807) is 6.92 Å².